The molecule has 134 valence electrons. The monoisotopic (exact) mass is 351 g/mol. The van der Waals surface area contributed by atoms with Gasteiger partial charge in [0.1, 0.15) is 0 Å². The number of carbonyl (C=O) groups is 1. The van der Waals surface area contributed by atoms with E-state index in [4.69, 9.17) is 0 Å². The van der Waals surface area contributed by atoms with Gasteiger partial charge in [0.15, 0.2) is 0 Å². The van der Waals surface area contributed by atoms with Crippen molar-refractivity contribution in [1.29, 1.82) is 0 Å². The average molecular weight is 351 g/mol. The molecule has 0 fully saturated rings. The third-order valence-electron chi connectivity index (χ3n) is 5.23. The van der Waals surface area contributed by atoms with Crippen LogP contribution in [0.15, 0.2) is 42.5 Å². The van der Waals surface area contributed by atoms with Crippen molar-refractivity contribution < 1.29 is 9.72 Å². The van der Waals surface area contributed by atoms with Crippen LogP contribution in [0.5, 0.6) is 0 Å². The van der Waals surface area contributed by atoms with Crippen LogP contribution in [-0.4, -0.2) is 30.5 Å². The zero-order chi connectivity index (χ0) is 18.1. The number of rotatable bonds is 3. The Balaban J connectivity index is 1.56. The first-order valence-electron chi connectivity index (χ1n) is 9.04. The van der Waals surface area contributed by atoms with Crippen LogP contribution in [0.25, 0.3) is 0 Å². The van der Waals surface area contributed by atoms with Crippen LogP contribution in [0.1, 0.15) is 24.0 Å². The van der Waals surface area contributed by atoms with Gasteiger partial charge in [-0.1, -0.05) is 18.2 Å². The van der Waals surface area contributed by atoms with Gasteiger partial charge in [0.05, 0.1) is 11.5 Å². The lowest BCUT2D eigenvalue weighted by Gasteiger charge is -2.34. The van der Waals surface area contributed by atoms with Gasteiger partial charge >= 0.3 is 0 Å². The summed E-state index contributed by atoms with van der Waals surface area (Å²) in [6.45, 7) is 1.89. The first kappa shape index (κ1) is 16.6. The van der Waals surface area contributed by atoms with Gasteiger partial charge in [-0.2, -0.15) is 0 Å². The molecule has 2 aliphatic heterocycles. The van der Waals surface area contributed by atoms with Crippen LogP contribution >= 0.6 is 0 Å². The summed E-state index contributed by atoms with van der Waals surface area (Å²) in [7, 11) is 0. The molecule has 0 spiro atoms. The van der Waals surface area contributed by atoms with E-state index in [9.17, 15) is 14.9 Å². The predicted octanol–water partition coefficient (Wildman–Crippen LogP) is 3.33. The number of nitro benzene ring substituents is 1. The summed E-state index contributed by atoms with van der Waals surface area (Å²) in [5.74, 6) is 0.0523. The minimum absolute atomic E-state index is 0.0523. The normalized spacial score (nSPS) is 16.0. The Morgan fingerprint density at radius 1 is 1.00 bits per heavy atom. The van der Waals surface area contributed by atoms with Crippen LogP contribution in [-0.2, 0) is 17.6 Å². The van der Waals surface area contributed by atoms with Gasteiger partial charge in [0.2, 0.25) is 5.91 Å². The molecule has 0 saturated heterocycles. The third kappa shape index (κ3) is 3.03. The molecule has 26 heavy (non-hydrogen) atoms. The first-order valence-corrected chi connectivity index (χ1v) is 9.04. The Labute approximate surface area is 152 Å². The van der Waals surface area contributed by atoms with E-state index in [1.54, 1.807) is 17.0 Å². The molecule has 2 aliphatic rings. The highest BCUT2D eigenvalue weighted by Crippen LogP contribution is 2.31. The van der Waals surface area contributed by atoms with Gasteiger partial charge in [0, 0.05) is 36.6 Å². The summed E-state index contributed by atoms with van der Waals surface area (Å²) in [5, 5.41) is 11.0. The number of hydrogen-bond donors (Lipinski definition) is 0. The summed E-state index contributed by atoms with van der Waals surface area (Å²) in [5.41, 5.74) is 4.23. The number of amides is 1. The minimum Gasteiger partial charge on any atom is -0.362 e. The standard InChI is InChI=1S/C20H21N3O3/c24-20(14-21-11-3-6-15-5-1-2-8-18(15)21)22-12-4-7-16-13-17(23(25)26)9-10-19(16)22/h1-2,5,8-10,13H,3-4,6-7,11-12,14H2. The van der Waals surface area contributed by atoms with Crippen molar-refractivity contribution in [2.24, 2.45) is 0 Å². The molecule has 1 amide bonds. The largest absolute Gasteiger partial charge is 0.362 e. The fraction of sp³-hybridized carbons (Fsp3) is 0.350. The van der Waals surface area contributed by atoms with Crippen LogP contribution < -0.4 is 9.80 Å². The maximum absolute atomic E-state index is 13.0. The van der Waals surface area contributed by atoms with E-state index in [2.05, 4.69) is 17.0 Å². The summed E-state index contributed by atoms with van der Waals surface area (Å²) in [4.78, 5) is 27.6. The number of fused-ring (bicyclic) bond motifs is 2. The van der Waals surface area contributed by atoms with Crippen LogP contribution in [0.3, 0.4) is 0 Å². The fourth-order valence-corrected chi connectivity index (χ4v) is 3.98. The van der Waals surface area contributed by atoms with Crippen molar-refractivity contribution in [1.82, 2.24) is 0 Å². The van der Waals surface area contributed by atoms with Crippen LogP contribution in [0.4, 0.5) is 17.1 Å². The predicted molar refractivity (Wildman–Crippen MR) is 101 cm³/mol. The number of para-hydroxylation sites is 1. The van der Waals surface area contributed by atoms with Gasteiger partial charge in [-0.3, -0.25) is 14.9 Å². The highest BCUT2D eigenvalue weighted by Gasteiger charge is 2.27. The first-order chi connectivity index (χ1) is 12.6. The molecule has 2 aromatic carbocycles. The van der Waals surface area contributed by atoms with Gasteiger partial charge in [-0.25, -0.2) is 0 Å². The molecular weight excluding hydrogens is 330 g/mol. The highest BCUT2D eigenvalue weighted by atomic mass is 16.6. The number of anilines is 2. The van der Waals surface area contributed by atoms with Crippen molar-refractivity contribution in [3.8, 4) is 0 Å². The topological polar surface area (TPSA) is 66.7 Å². The number of benzene rings is 2. The van der Waals surface area contributed by atoms with E-state index in [0.29, 0.717) is 13.1 Å². The lowest BCUT2D eigenvalue weighted by atomic mass is 10.00. The Bertz CT molecular complexity index is 865. The molecule has 0 N–H and O–H groups in total. The van der Waals surface area contributed by atoms with Gasteiger partial charge in [-0.15, -0.1) is 0 Å². The second-order valence-electron chi connectivity index (χ2n) is 6.87. The number of carbonyl (C=O) groups excluding carboxylic acids is 1. The van der Waals surface area contributed by atoms with E-state index >= 15 is 0 Å². The van der Waals surface area contributed by atoms with Gasteiger partial charge in [0.25, 0.3) is 5.69 Å². The zero-order valence-electron chi connectivity index (χ0n) is 14.6. The number of nitrogens with zero attached hydrogens (tertiary/aromatic N) is 3. The second kappa shape index (κ2) is 6.78. The Hall–Kier alpha value is -2.89. The lowest BCUT2D eigenvalue weighted by molar-refractivity contribution is -0.384. The summed E-state index contributed by atoms with van der Waals surface area (Å²) in [6, 6.07) is 13.1. The molecule has 0 radical (unpaired) electrons. The SMILES string of the molecule is O=C(CN1CCCc2ccccc21)N1CCCc2cc([N+](=O)[O-])ccc21. The van der Waals surface area contributed by atoms with Crippen molar-refractivity contribution in [3.63, 3.8) is 0 Å². The Morgan fingerprint density at radius 2 is 1.77 bits per heavy atom. The van der Waals surface area contributed by atoms with E-state index in [0.717, 1.165) is 49.2 Å². The molecule has 2 heterocycles. The fourth-order valence-electron chi connectivity index (χ4n) is 3.98. The van der Waals surface area contributed by atoms with E-state index in [1.807, 2.05) is 12.1 Å². The van der Waals surface area contributed by atoms with Crippen molar-refractivity contribution >= 4 is 23.0 Å². The van der Waals surface area contributed by atoms with Crippen molar-refractivity contribution in [3.05, 3.63) is 63.7 Å². The average Bonchev–Trinajstić information content (AvgIpc) is 2.67. The molecule has 2 aromatic rings. The summed E-state index contributed by atoms with van der Waals surface area (Å²) in [6.07, 6.45) is 3.70. The number of aryl methyl sites for hydroxylation is 2. The molecule has 0 aromatic heterocycles. The highest BCUT2D eigenvalue weighted by molar-refractivity contribution is 5.97. The molecule has 0 bridgehead atoms. The van der Waals surface area contributed by atoms with Crippen molar-refractivity contribution in [2.75, 3.05) is 29.4 Å². The van der Waals surface area contributed by atoms with Crippen molar-refractivity contribution in [2.45, 2.75) is 25.7 Å². The smallest absolute Gasteiger partial charge is 0.269 e. The third-order valence-corrected chi connectivity index (χ3v) is 5.23. The number of non-ortho nitro benzene ring substituents is 1. The zero-order valence-corrected chi connectivity index (χ0v) is 14.6. The maximum atomic E-state index is 13.0. The molecular formula is C20H21N3O3. The summed E-state index contributed by atoms with van der Waals surface area (Å²) < 4.78 is 0. The molecule has 0 unspecified atom stereocenters. The molecule has 6 nitrogen and oxygen atoms in total. The second-order valence-corrected chi connectivity index (χ2v) is 6.87. The van der Waals surface area contributed by atoms with E-state index < -0.39 is 0 Å². The van der Waals surface area contributed by atoms with E-state index in [1.165, 1.54) is 11.6 Å². The minimum atomic E-state index is -0.383. The molecule has 4 rings (SSSR count). The maximum Gasteiger partial charge on any atom is 0.269 e. The number of nitro groups is 1. The molecule has 0 saturated carbocycles. The quantitative estimate of drug-likeness (QED) is 0.628. The molecule has 6 heteroatoms. The molecule has 0 atom stereocenters. The van der Waals surface area contributed by atoms with Crippen LogP contribution in [0.2, 0.25) is 0 Å². The molecule has 0 aliphatic carbocycles. The van der Waals surface area contributed by atoms with E-state index in [-0.39, 0.29) is 16.5 Å². The van der Waals surface area contributed by atoms with Gasteiger partial charge in [-0.05, 0) is 48.9 Å². The van der Waals surface area contributed by atoms with Gasteiger partial charge < -0.3 is 9.80 Å². The number of hydrogen-bond acceptors (Lipinski definition) is 4. The Kier molecular flexibility index (Phi) is 4.32. The van der Waals surface area contributed by atoms with Crippen LogP contribution in [0, 0.1) is 10.1 Å². The summed E-state index contributed by atoms with van der Waals surface area (Å²) >= 11 is 0. The Morgan fingerprint density at radius 3 is 2.62 bits per heavy atom. The lowest BCUT2D eigenvalue weighted by Crippen LogP contribution is -2.44.